The monoisotopic (exact) mass is 331 g/mol. The number of ether oxygens (including phenoxy) is 2. The first-order valence-corrected chi connectivity index (χ1v) is 7.35. The van der Waals surface area contributed by atoms with Gasteiger partial charge in [0.2, 0.25) is 0 Å². The fraction of sp³-hybridized carbons (Fsp3) is 0.235. The molecule has 0 saturated heterocycles. The first-order chi connectivity index (χ1) is 11.6. The van der Waals surface area contributed by atoms with E-state index in [1.54, 1.807) is 24.3 Å². The number of nitrogens with one attached hydrogen (secondary N) is 2. The molecule has 0 unspecified atom stereocenters. The van der Waals surface area contributed by atoms with E-state index < -0.39 is 11.8 Å². The van der Waals surface area contributed by atoms with Crippen LogP contribution in [0.5, 0.6) is 11.5 Å². The second kappa shape index (κ2) is 10.6. The van der Waals surface area contributed by atoms with Crippen molar-refractivity contribution in [3.05, 3.63) is 49.1 Å². The van der Waals surface area contributed by atoms with Crippen LogP contribution in [0, 0.1) is 0 Å². The number of hydrogen-bond acceptors (Lipinski definition) is 5. The minimum absolute atomic E-state index is 0.208. The third-order valence-electron chi connectivity index (χ3n) is 2.62. The summed E-state index contributed by atoms with van der Waals surface area (Å²) in [7, 11) is 0. The van der Waals surface area contributed by atoms with Crippen LogP contribution in [0.25, 0.3) is 0 Å². The molecule has 0 spiro atoms. The van der Waals surface area contributed by atoms with Gasteiger partial charge >= 0.3 is 11.8 Å². The zero-order chi connectivity index (χ0) is 17.8. The van der Waals surface area contributed by atoms with E-state index in [9.17, 15) is 9.59 Å². The molecule has 1 rings (SSSR count). The average molecular weight is 331 g/mol. The molecule has 0 aromatic heterocycles. The first-order valence-electron chi connectivity index (χ1n) is 7.35. The molecule has 7 heteroatoms. The number of hydrogen-bond donors (Lipinski definition) is 2. The highest BCUT2D eigenvalue weighted by molar-refractivity contribution is 6.35. The van der Waals surface area contributed by atoms with Gasteiger partial charge in [-0.1, -0.05) is 18.7 Å². The van der Waals surface area contributed by atoms with E-state index in [1.165, 1.54) is 12.3 Å². The molecule has 1 aromatic carbocycles. The van der Waals surface area contributed by atoms with Gasteiger partial charge in [0, 0.05) is 6.54 Å². The number of amides is 2. The summed E-state index contributed by atoms with van der Waals surface area (Å²) < 4.78 is 11.0. The highest BCUT2D eigenvalue weighted by Crippen LogP contribution is 2.28. The Kier molecular flexibility index (Phi) is 8.38. The third kappa shape index (κ3) is 6.35. The normalized spacial score (nSPS) is 10.0. The predicted molar refractivity (Wildman–Crippen MR) is 92.2 cm³/mol. The molecular weight excluding hydrogens is 310 g/mol. The summed E-state index contributed by atoms with van der Waals surface area (Å²) in [6.07, 6.45) is 4.51. The molecule has 128 valence electrons. The van der Waals surface area contributed by atoms with E-state index >= 15 is 0 Å². The number of nitrogens with zero attached hydrogens (tertiary/aromatic N) is 1. The highest BCUT2D eigenvalue weighted by atomic mass is 16.5. The average Bonchev–Trinajstić information content (AvgIpc) is 2.59. The maximum atomic E-state index is 11.5. The van der Waals surface area contributed by atoms with Crippen molar-refractivity contribution >= 4 is 18.0 Å². The second-order valence-electron chi connectivity index (χ2n) is 4.44. The summed E-state index contributed by atoms with van der Waals surface area (Å²) in [5, 5.41) is 6.09. The van der Waals surface area contributed by atoms with Crippen LogP contribution in [-0.2, 0) is 9.59 Å². The van der Waals surface area contributed by atoms with Crippen molar-refractivity contribution in [2.24, 2.45) is 5.10 Å². The molecule has 2 amide bonds. The van der Waals surface area contributed by atoms with Crippen molar-refractivity contribution in [1.29, 1.82) is 0 Å². The third-order valence-corrected chi connectivity index (χ3v) is 2.62. The van der Waals surface area contributed by atoms with Crippen LogP contribution in [0.3, 0.4) is 0 Å². The Morgan fingerprint density at radius 3 is 2.62 bits per heavy atom. The molecular formula is C17H21N3O4. The fourth-order valence-electron chi connectivity index (χ4n) is 1.60. The van der Waals surface area contributed by atoms with Gasteiger partial charge in [-0.2, -0.15) is 5.10 Å². The Bertz CT molecular complexity index is 626. The van der Waals surface area contributed by atoms with Crippen molar-refractivity contribution in [3.63, 3.8) is 0 Å². The van der Waals surface area contributed by atoms with Gasteiger partial charge in [0.15, 0.2) is 11.5 Å². The molecule has 0 heterocycles. The fourth-order valence-corrected chi connectivity index (χ4v) is 1.60. The molecule has 1 aromatic rings. The highest BCUT2D eigenvalue weighted by Gasteiger charge is 2.10. The van der Waals surface area contributed by atoms with Gasteiger partial charge in [-0.05, 0) is 30.7 Å². The molecule has 0 bridgehead atoms. The summed E-state index contributed by atoms with van der Waals surface area (Å²) >= 11 is 0. The van der Waals surface area contributed by atoms with Gasteiger partial charge in [0.1, 0.15) is 6.61 Å². The number of carbonyl (C=O) groups excluding carboxylic acids is 2. The Hall–Kier alpha value is -3.09. The maximum Gasteiger partial charge on any atom is 0.329 e. The number of rotatable bonds is 9. The zero-order valence-corrected chi connectivity index (χ0v) is 13.6. The smallest absolute Gasteiger partial charge is 0.329 e. The largest absolute Gasteiger partial charge is 0.490 e. The SMILES string of the molecule is C=CCNC(=O)C(=O)N/N=C\c1ccc(OCC=C)c(OCC)c1. The van der Waals surface area contributed by atoms with Crippen LogP contribution < -0.4 is 20.2 Å². The number of hydrazone groups is 1. The molecule has 0 radical (unpaired) electrons. The lowest BCUT2D eigenvalue weighted by Gasteiger charge is -2.11. The van der Waals surface area contributed by atoms with Crippen LogP contribution in [0.1, 0.15) is 12.5 Å². The molecule has 2 N–H and O–H groups in total. The molecule has 0 fully saturated rings. The van der Waals surface area contributed by atoms with Crippen molar-refractivity contribution in [2.75, 3.05) is 19.8 Å². The summed E-state index contributed by atoms with van der Waals surface area (Å²) in [5.74, 6) is -0.501. The van der Waals surface area contributed by atoms with Gasteiger partial charge in [-0.25, -0.2) is 5.43 Å². The molecule has 0 aliphatic heterocycles. The Morgan fingerprint density at radius 1 is 1.17 bits per heavy atom. The Balaban J connectivity index is 2.71. The van der Waals surface area contributed by atoms with Crippen LogP contribution in [-0.4, -0.2) is 37.8 Å². The predicted octanol–water partition coefficient (Wildman–Crippen LogP) is 1.40. The summed E-state index contributed by atoms with van der Waals surface area (Å²) in [4.78, 5) is 22.8. The van der Waals surface area contributed by atoms with E-state index in [0.29, 0.717) is 30.3 Å². The molecule has 24 heavy (non-hydrogen) atoms. The summed E-state index contributed by atoms with van der Waals surface area (Å²) in [6, 6.07) is 5.19. The van der Waals surface area contributed by atoms with E-state index in [4.69, 9.17) is 9.47 Å². The number of carbonyl (C=O) groups is 2. The van der Waals surface area contributed by atoms with E-state index in [0.717, 1.165) is 0 Å². The molecule has 0 saturated carbocycles. The minimum atomic E-state index is -0.857. The van der Waals surface area contributed by atoms with Gasteiger partial charge in [-0.3, -0.25) is 9.59 Å². The lowest BCUT2D eigenvalue weighted by Crippen LogP contribution is -2.37. The standard InChI is InChI=1S/C17H21N3O4/c1-4-9-18-16(21)17(22)20-19-12-13-7-8-14(24-10-5-2)15(11-13)23-6-3/h4-5,7-8,11-12H,1-2,6,9-10H2,3H3,(H,18,21)(H,20,22)/b19-12-. The van der Waals surface area contributed by atoms with Crippen LogP contribution >= 0.6 is 0 Å². The molecule has 0 atom stereocenters. The Morgan fingerprint density at radius 2 is 1.96 bits per heavy atom. The summed E-state index contributed by atoms with van der Waals surface area (Å²) in [6.45, 7) is 9.94. The van der Waals surface area contributed by atoms with Crippen molar-refractivity contribution in [2.45, 2.75) is 6.92 Å². The number of benzene rings is 1. The summed E-state index contributed by atoms with van der Waals surface area (Å²) in [5.41, 5.74) is 2.82. The van der Waals surface area contributed by atoms with E-state index in [-0.39, 0.29) is 6.54 Å². The van der Waals surface area contributed by atoms with E-state index in [1.807, 2.05) is 6.92 Å². The van der Waals surface area contributed by atoms with Crippen LogP contribution in [0.4, 0.5) is 0 Å². The van der Waals surface area contributed by atoms with E-state index in [2.05, 4.69) is 29.0 Å². The van der Waals surface area contributed by atoms with Crippen molar-refractivity contribution < 1.29 is 19.1 Å². The van der Waals surface area contributed by atoms with Gasteiger partial charge in [0.25, 0.3) is 0 Å². The minimum Gasteiger partial charge on any atom is -0.490 e. The Labute approximate surface area is 141 Å². The molecule has 0 aliphatic rings. The lowest BCUT2D eigenvalue weighted by atomic mass is 10.2. The zero-order valence-electron chi connectivity index (χ0n) is 13.6. The maximum absolute atomic E-state index is 11.5. The molecule has 7 nitrogen and oxygen atoms in total. The second-order valence-corrected chi connectivity index (χ2v) is 4.44. The lowest BCUT2D eigenvalue weighted by molar-refractivity contribution is -0.139. The van der Waals surface area contributed by atoms with Gasteiger partial charge in [0.05, 0.1) is 12.8 Å². The van der Waals surface area contributed by atoms with Crippen LogP contribution in [0.15, 0.2) is 48.6 Å². The quantitative estimate of drug-likeness (QED) is 0.310. The molecule has 0 aliphatic carbocycles. The first kappa shape index (κ1) is 19.0. The van der Waals surface area contributed by atoms with Gasteiger partial charge in [-0.15, -0.1) is 6.58 Å². The van der Waals surface area contributed by atoms with Crippen molar-refractivity contribution in [1.82, 2.24) is 10.7 Å². The van der Waals surface area contributed by atoms with Gasteiger partial charge < -0.3 is 14.8 Å². The van der Waals surface area contributed by atoms with Crippen LogP contribution in [0.2, 0.25) is 0 Å². The van der Waals surface area contributed by atoms with Crippen molar-refractivity contribution in [3.8, 4) is 11.5 Å². The topological polar surface area (TPSA) is 89.0 Å².